The van der Waals surface area contributed by atoms with Crippen LogP contribution in [0.1, 0.15) is 47.0 Å². The van der Waals surface area contributed by atoms with Crippen molar-refractivity contribution in [3.8, 4) is 0 Å². The number of nitrogens with one attached hydrogen (secondary N) is 1. The van der Waals surface area contributed by atoms with Gasteiger partial charge in [0.05, 0.1) is 12.1 Å². The third-order valence-electron chi connectivity index (χ3n) is 5.78. The van der Waals surface area contributed by atoms with Crippen LogP contribution in [0.4, 0.5) is 0 Å². The van der Waals surface area contributed by atoms with E-state index in [2.05, 4.69) is 47.8 Å². The number of guanidine groups is 1. The molecule has 0 radical (unpaired) electrons. The lowest BCUT2D eigenvalue weighted by molar-refractivity contribution is -0.145. The van der Waals surface area contributed by atoms with Gasteiger partial charge in [-0.1, -0.05) is 0 Å². The molecule has 1 aliphatic carbocycles. The van der Waals surface area contributed by atoms with Gasteiger partial charge in [-0.05, 0) is 59.4 Å². The van der Waals surface area contributed by atoms with Gasteiger partial charge < -0.3 is 20.0 Å². The minimum atomic E-state index is -0.183. The summed E-state index contributed by atoms with van der Waals surface area (Å²) in [6.45, 7) is 13.1. The van der Waals surface area contributed by atoms with Gasteiger partial charge in [0.2, 0.25) is 5.91 Å². The fraction of sp³-hybridized carbons (Fsp3) is 0.895. The molecule has 2 saturated heterocycles. The number of carbonyl (C=O) groups excluding carboxylic acids is 1. The highest BCUT2D eigenvalue weighted by Gasteiger charge is 2.41. The van der Waals surface area contributed by atoms with Crippen molar-refractivity contribution >= 4 is 35.8 Å². The maximum Gasteiger partial charge on any atom is 0.242 e. The molecule has 0 aromatic carbocycles. The SMILES string of the molecule is CN=C(NCC1CCN(C2CC2)C1)N1CC(=O)N(C(C)C)C(C)(C)C1.I. The fourth-order valence-electron chi connectivity index (χ4n) is 4.68. The molecule has 7 heteroatoms. The fourth-order valence-corrected chi connectivity index (χ4v) is 4.68. The molecule has 2 aliphatic heterocycles. The Balaban J connectivity index is 0.00000243. The highest BCUT2D eigenvalue weighted by Crippen LogP contribution is 2.31. The molecular formula is C19H36IN5O. The van der Waals surface area contributed by atoms with Crippen LogP contribution in [0.3, 0.4) is 0 Å². The minimum Gasteiger partial charge on any atom is -0.356 e. The van der Waals surface area contributed by atoms with Crippen LogP contribution in [-0.4, -0.2) is 84.0 Å². The molecule has 0 spiro atoms. The second-order valence-electron chi connectivity index (χ2n) is 8.83. The van der Waals surface area contributed by atoms with E-state index < -0.39 is 0 Å². The summed E-state index contributed by atoms with van der Waals surface area (Å²) in [7, 11) is 1.82. The largest absolute Gasteiger partial charge is 0.356 e. The van der Waals surface area contributed by atoms with Gasteiger partial charge >= 0.3 is 0 Å². The molecule has 1 saturated carbocycles. The predicted molar refractivity (Wildman–Crippen MR) is 117 cm³/mol. The van der Waals surface area contributed by atoms with Gasteiger partial charge in [0.15, 0.2) is 5.96 Å². The van der Waals surface area contributed by atoms with Gasteiger partial charge in [0.1, 0.15) is 0 Å². The van der Waals surface area contributed by atoms with E-state index in [-0.39, 0.29) is 41.5 Å². The van der Waals surface area contributed by atoms with Crippen molar-refractivity contribution in [2.75, 3.05) is 39.8 Å². The average molecular weight is 477 g/mol. The molecule has 3 rings (SSSR count). The maximum absolute atomic E-state index is 12.7. The smallest absolute Gasteiger partial charge is 0.242 e. The van der Waals surface area contributed by atoms with E-state index in [0.29, 0.717) is 12.5 Å². The Morgan fingerprint density at radius 2 is 2.00 bits per heavy atom. The third-order valence-corrected chi connectivity index (χ3v) is 5.78. The second-order valence-corrected chi connectivity index (χ2v) is 8.83. The van der Waals surface area contributed by atoms with Gasteiger partial charge in [-0.3, -0.25) is 9.79 Å². The van der Waals surface area contributed by atoms with Crippen LogP contribution in [0.2, 0.25) is 0 Å². The number of halogens is 1. The number of amides is 1. The average Bonchev–Trinajstić information content (AvgIpc) is 3.25. The summed E-state index contributed by atoms with van der Waals surface area (Å²) < 4.78 is 0. The van der Waals surface area contributed by atoms with Crippen molar-refractivity contribution in [1.82, 2.24) is 20.0 Å². The summed E-state index contributed by atoms with van der Waals surface area (Å²) >= 11 is 0. The van der Waals surface area contributed by atoms with Crippen LogP contribution in [0.25, 0.3) is 0 Å². The molecule has 1 atom stereocenters. The van der Waals surface area contributed by atoms with E-state index in [9.17, 15) is 4.79 Å². The van der Waals surface area contributed by atoms with Crippen LogP contribution in [0.5, 0.6) is 0 Å². The first-order valence-electron chi connectivity index (χ1n) is 9.83. The highest BCUT2D eigenvalue weighted by atomic mass is 127. The number of carbonyl (C=O) groups is 1. The number of rotatable bonds is 4. The lowest BCUT2D eigenvalue weighted by atomic mass is 9.96. The van der Waals surface area contributed by atoms with Gasteiger partial charge in [0.25, 0.3) is 0 Å². The highest BCUT2D eigenvalue weighted by molar-refractivity contribution is 14.0. The van der Waals surface area contributed by atoms with Crippen molar-refractivity contribution in [2.24, 2.45) is 10.9 Å². The predicted octanol–water partition coefficient (Wildman–Crippen LogP) is 2.00. The normalized spacial score (nSPS) is 27.1. The first-order chi connectivity index (χ1) is 11.8. The molecule has 6 nitrogen and oxygen atoms in total. The number of hydrogen-bond donors (Lipinski definition) is 1. The summed E-state index contributed by atoms with van der Waals surface area (Å²) in [5.41, 5.74) is -0.183. The van der Waals surface area contributed by atoms with E-state index in [1.807, 2.05) is 11.9 Å². The van der Waals surface area contributed by atoms with Crippen molar-refractivity contribution < 1.29 is 4.79 Å². The minimum absolute atomic E-state index is 0. The first kappa shape index (κ1) is 21.7. The Morgan fingerprint density at radius 3 is 2.54 bits per heavy atom. The van der Waals surface area contributed by atoms with Crippen molar-refractivity contribution in [3.63, 3.8) is 0 Å². The third kappa shape index (κ3) is 4.82. The second kappa shape index (κ2) is 8.63. The number of likely N-dealkylation sites (tertiary alicyclic amines) is 1. The van der Waals surface area contributed by atoms with Crippen LogP contribution in [0.15, 0.2) is 4.99 Å². The molecule has 1 N–H and O–H groups in total. The van der Waals surface area contributed by atoms with E-state index in [1.165, 1.54) is 32.4 Å². The zero-order valence-corrected chi connectivity index (χ0v) is 19.3. The molecule has 2 heterocycles. The summed E-state index contributed by atoms with van der Waals surface area (Å²) in [5, 5.41) is 3.54. The first-order valence-corrected chi connectivity index (χ1v) is 9.83. The number of aliphatic imine (C=N–C) groups is 1. The standard InChI is InChI=1S/C19H35N5O.HI/c1-14(2)24-17(25)12-23(13-19(24,3)4)18(20-5)21-10-15-8-9-22(11-15)16-6-7-16;/h14-16H,6-13H2,1-5H3,(H,20,21);1H. The summed E-state index contributed by atoms with van der Waals surface area (Å²) in [5.74, 6) is 1.75. The molecular weight excluding hydrogens is 441 g/mol. The molecule has 1 amide bonds. The zero-order chi connectivity index (χ0) is 18.2. The van der Waals surface area contributed by atoms with Crippen molar-refractivity contribution in [1.29, 1.82) is 0 Å². The molecule has 3 fully saturated rings. The van der Waals surface area contributed by atoms with Crippen LogP contribution in [-0.2, 0) is 4.79 Å². The number of hydrogen-bond acceptors (Lipinski definition) is 3. The Bertz CT molecular complexity index is 532. The number of piperazine rings is 1. The van der Waals surface area contributed by atoms with Crippen LogP contribution >= 0.6 is 24.0 Å². The molecule has 1 unspecified atom stereocenters. The van der Waals surface area contributed by atoms with E-state index in [4.69, 9.17) is 0 Å². The molecule has 0 bridgehead atoms. The number of nitrogens with zero attached hydrogens (tertiary/aromatic N) is 4. The lowest BCUT2D eigenvalue weighted by Gasteiger charge is -2.49. The Labute approximate surface area is 175 Å². The summed E-state index contributed by atoms with van der Waals surface area (Å²) in [6, 6.07) is 1.10. The zero-order valence-electron chi connectivity index (χ0n) is 17.0. The monoisotopic (exact) mass is 477 g/mol. The van der Waals surface area contributed by atoms with Crippen LogP contribution in [0, 0.1) is 5.92 Å². The van der Waals surface area contributed by atoms with E-state index >= 15 is 0 Å². The summed E-state index contributed by atoms with van der Waals surface area (Å²) in [6.07, 6.45) is 4.05. The molecule has 26 heavy (non-hydrogen) atoms. The van der Waals surface area contributed by atoms with Crippen LogP contribution < -0.4 is 5.32 Å². The molecule has 3 aliphatic rings. The van der Waals surface area contributed by atoms with Crippen molar-refractivity contribution in [3.05, 3.63) is 0 Å². The molecule has 0 aromatic rings. The van der Waals surface area contributed by atoms with Crippen molar-refractivity contribution in [2.45, 2.75) is 64.6 Å². The van der Waals surface area contributed by atoms with E-state index in [1.54, 1.807) is 0 Å². The Hall–Kier alpha value is -0.570. The van der Waals surface area contributed by atoms with E-state index in [0.717, 1.165) is 25.1 Å². The van der Waals surface area contributed by atoms with Gasteiger partial charge in [-0.25, -0.2) is 0 Å². The topological polar surface area (TPSA) is 51.2 Å². The Kier molecular flexibility index (Phi) is 7.21. The quantitative estimate of drug-likeness (QED) is 0.383. The van der Waals surface area contributed by atoms with Gasteiger partial charge in [-0.2, -0.15) is 0 Å². The molecule has 150 valence electrons. The lowest BCUT2D eigenvalue weighted by Crippen LogP contribution is -2.66. The van der Waals surface area contributed by atoms with Gasteiger partial charge in [0, 0.05) is 38.8 Å². The maximum atomic E-state index is 12.7. The Morgan fingerprint density at radius 1 is 1.31 bits per heavy atom. The van der Waals surface area contributed by atoms with Gasteiger partial charge in [-0.15, -0.1) is 24.0 Å². The summed E-state index contributed by atoms with van der Waals surface area (Å²) in [4.78, 5) is 23.9. The molecule has 0 aromatic heterocycles.